The number of aliphatic hydroxyl groups is 1. The van der Waals surface area contributed by atoms with Crippen LogP contribution in [-0.2, 0) is 10.2 Å². The number of rotatable bonds is 5. The Bertz CT molecular complexity index is 524. The summed E-state index contributed by atoms with van der Waals surface area (Å²) in [6.07, 6.45) is 6.68. The molecule has 0 amide bonds. The first-order chi connectivity index (χ1) is 9.89. The van der Waals surface area contributed by atoms with Gasteiger partial charge in [0.25, 0.3) is 0 Å². The van der Waals surface area contributed by atoms with Crippen molar-refractivity contribution in [1.82, 2.24) is 0 Å². The van der Waals surface area contributed by atoms with Gasteiger partial charge in [-0.1, -0.05) is 32.1 Å². The van der Waals surface area contributed by atoms with E-state index in [1.54, 1.807) is 19.1 Å². The van der Waals surface area contributed by atoms with Crippen molar-refractivity contribution in [3.63, 3.8) is 0 Å². The summed E-state index contributed by atoms with van der Waals surface area (Å²) in [5.41, 5.74) is 1.19. The van der Waals surface area contributed by atoms with Crippen LogP contribution in [0.2, 0.25) is 0 Å². The molecule has 2 N–H and O–H groups in total. The monoisotopic (exact) mass is 288 g/mol. The average Bonchev–Trinajstić information content (AvgIpc) is 2.46. The summed E-state index contributed by atoms with van der Waals surface area (Å²) in [5, 5.41) is 18.6. The predicted molar refractivity (Wildman–Crippen MR) is 84.1 cm³/mol. The summed E-state index contributed by atoms with van der Waals surface area (Å²) in [7, 11) is 0. The van der Waals surface area contributed by atoms with Gasteiger partial charge in [0.15, 0.2) is 0 Å². The van der Waals surface area contributed by atoms with Crippen LogP contribution in [0.15, 0.2) is 48.3 Å². The zero-order valence-electron chi connectivity index (χ0n) is 12.9. The number of hydrogen-bond acceptors (Lipinski definition) is 3. The second kappa shape index (κ2) is 6.35. The molecular formula is C18H24O3. The summed E-state index contributed by atoms with van der Waals surface area (Å²) in [6, 6.07) is 7.42. The van der Waals surface area contributed by atoms with E-state index in [0.29, 0.717) is 18.3 Å². The van der Waals surface area contributed by atoms with Gasteiger partial charge >= 0.3 is 0 Å². The highest BCUT2D eigenvalue weighted by molar-refractivity contribution is 5.33. The molecule has 3 heteroatoms. The van der Waals surface area contributed by atoms with Crippen LogP contribution in [0.25, 0.3) is 0 Å². The van der Waals surface area contributed by atoms with E-state index >= 15 is 0 Å². The molecule has 0 saturated heterocycles. The zero-order valence-corrected chi connectivity index (χ0v) is 12.9. The molecule has 1 aliphatic rings. The fourth-order valence-electron chi connectivity index (χ4n) is 2.56. The third kappa shape index (κ3) is 3.88. The third-order valence-electron chi connectivity index (χ3n) is 4.10. The third-order valence-corrected chi connectivity index (χ3v) is 4.10. The Labute approximate surface area is 126 Å². The largest absolute Gasteiger partial charge is 0.508 e. The lowest BCUT2D eigenvalue weighted by Gasteiger charge is -2.34. The molecule has 0 aliphatic heterocycles. The molecule has 0 aromatic heterocycles. The quantitative estimate of drug-likeness (QED) is 0.871. The molecule has 0 saturated carbocycles. The van der Waals surface area contributed by atoms with Crippen molar-refractivity contribution in [3.05, 3.63) is 53.8 Å². The molecular weight excluding hydrogens is 264 g/mol. The summed E-state index contributed by atoms with van der Waals surface area (Å²) >= 11 is 0. The zero-order chi connectivity index (χ0) is 15.5. The number of ether oxygens (including phenoxy) is 1. The lowest BCUT2D eigenvalue weighted by Crippen LogP contribution is -2.28. The maximum atomic E-state index is 9.41. The van der Waals surface area contributed by atoms with Gasteiger partial charge in [-0.05, 0) is 54.5 Å². The first kappa shape index (κ1) is 15.6. The topological polar surface area (TPSA) is 49.7 Å². The second-order valence-corrected chi connectivity index (χ2v) is 6.24. The molecule has 0 fully saturated rings. The number of aromatic hydroxyl groups is 1. The van der Waals surface area contributed by atoms with Gasteiger partial charge in [0.05, 0.1) is 6.10 Å². The number of aliphatic hydroxyl groups excluding tert-OH is 1. The van der Waals surface area contributed by atoms with Crippen LogP contribution >= 0.6 is 0 Å². The minimum absolute atomic E-state index is 0.0174. The lowest BCUT2D eigenvalue weighted by molar-refractivity contribution is 0.0871. The Morgan fingerprint density at radius 2 is 1.95 bits per heavy atom. The van der Waals surface area contributed by atoms with Crippen LogP contribution in [0.5, 0.6) is 5.75 Å². The predicted octanol–water partition coefficient (Wildman–Crippen LogP) is 3.53. The maximum Gasteiger partial charge on any atom is 0.115 e. The summed E-state index contributed by atoms with van der Waals surface area (Å²) in [6.45, 7) is 6.46. The Hall–Kier alpha value is -1.74. The number of benzene rings is 1. The van der Waals surface area contributed by atoms with Crippen molar-refractivity contribution in [1.29, 1.82) is 0 Å². The van der Waals surface area contributed by atoms with Crippen molar-refractivity contribution in [2.24, 2.45) is 5.92 Å². The Balaban J connectivity index is 2.04. The highest BCUT2D eigenvalue weighted by Crippen LogP contribution is 2.37. The summed E-state index contributed by atoms with van der Waals surface area (Å²) in [5.74, 6) is 1.50. The number of hydrogen-bond donors (Lipinski definition) is 2. The van der Waals surface area contributed by atoms with E-state index in [-0.39, 0.29) is 5.41 Å². The highest BCUT2D eigenvalue weighted by Gasteiger charge is 2.30. The molecule has 0 spiro atoms. The maximum absolute atomic E-state index is 9.41. The van der Waals surface area contributed by atoms with E-state index in [4.69, 9.17) is 4.74 Å². The van der Waals surface area contributed by atoms with Gasteiger partial charge < -0.3 is 14.9 Å². The Morgan fingerprint density at radius 3 is 2.48 bits per heavy atom. The van der Waals surface area contributed by atoms with E-state index in [1.165, 1.54) is 5.56 Å². The van der Waals surface area contributed by atoms with Crippen molar-refractivity contribution in [2.45, 2.75) is 38.7 Å². The van der Waals surface area contributed by atoms with Crippen molar-refractivity contribution >= 4 is 0 Å². The van der Waals surface area contributed by atoms with Crippen LogP contribution in [0.1, 0.15) is 32.8 Å². The van der Waals surface area contributed by atoms with Crippen LogP contribution in [-0.4, -0.2) is 22.9 Å². The molecule has 0 bridgehead atoms. The molecule has 2 unspecified atom stereocenters. The van der Waals surface area contributed by atoms with Gasteiger partial charge in [0.1, 0.15) is 18.1 Å². The van der Waals surface area contributed by atoms with Crippen LogP contribution in [0.3, 0.4) is 0 Å². The van der Waals surface area contributed by atoms with Crippen LogP contribution in [0.4, 0.5) is 0 Å². The van der Waals surface area contributed by atoms with Gasteiger partial charge in [-0.2, -0.15) is 0 Å². The molecule has 114 valence electrons. The highest BCUT2D eigenvalue weighted by atomic mass is 16.5. The Morgan fingerprint density at radius 1 is 1.29 bits per heavy atom. The molecule has 1 aliphatic carbocycles. The van der Waals surface area contributed by atoms with Crippen LogP contribution in [0, 0.1) is 5.92 Å². The van der Waals surface area contributed by atoms with E-state index in [1.807, 2.05) is 18.2 Å². The lowest BCUT2D eigenvalue weighted by atomic mass is 9.71. The van der Waals surface area contributed by atoms with Crippen molar-refractivity contribution in [2.75, 3.05) is 6.61 Å². The SMILES string of the molecule is CC(O)COC1=CCC(C(C)(C)c2ccc(O)cc2)C=C1. The normalized spacial score (nSPS) is 20.0. The van der Waals surface area contributed by atoms with E-state index < -0.39 is 6.10 Å². The molecule has 2 atom stereocenters. The van der Waals surface area contributed by atoms with Gasteiger partial charge in [0, 0.05) is 0 Å². The van der Waals surface area contributed by atoms with Gasteiger partial charge in [-0.25, -0.2) is 0 Å². The molecule has 0 radical (unpaired) electrons. The molecule has 1 aromatic rings. The fourth-order valence-corrected chi connectivity index (χ4v) is 2.56. The Kier molecular flexibility index (Phi) is 4.73. The molecule has 21 heavy (non-hydrogen) atoms. The first-order valence-electron chi connectivity index (χ1n) is 7.38. The minimum atomic E-state index is -0.453. The van der Waals surface area contributed by atoms with Gasteiger partial charge in [-0.15, -0.1) is 0 Å². The molecule has 2 rings (SSSR count). The summed E-state index contributed by atoms with van der Waals surface area (Å²) in [4.78, 5) is 0. The minimum Gasteiger partial charge on any atom is -0.508 e. The van der Waals surface area contributed by atoms with Crippen molar-refractivity contribution < 1.29 is 14.9 Å². The van der Waals surface area contributed by atoms with E-state index in [0.717, 1.165) is 12.2 Å². The fraction of sp³-hybridized carbons (Fsp3) is 0.444. The molecule has 3 nitrogen and oxygen atoms in total. The first-order valence-corrected chi connectivity index (χ1v) is 7.38. The second-order valence-electron chi connectivity index (χ2n) is 6.24. The smallest absolute Gasteiger partial charge is 0.115 e. The number of phenols is 1. The molecule has 0 heterocycles. The number of phenolic OH excluding ortho intramolecular Hbond substituents is 1. The van der Waals surface area contributed by atoms with Gasteiger partial charge in [-0.3, -0.25) is 0 Å². The standard InChI is InChI=1S/C18H24O3/c1-13(19)12-21-17-10-6-15(7-11-17)18(2,3)14-4-8-16(20)9-5-14/h4-6,8-11,13,15,19-20H,7,12H2,1-3H3. The van der Waals surface area contributed by atoms with Crippen molar-refractivity contribution in [3.8, 4) is 5.75 Å². The van der Waals surface area contributed by atoms with Crippen LogP contribution < -0.4 is 0 Å². The van der Waals surface area contributed by atoms with E-state index in [9.17, 15) is 10.2 Å². The van der Waals surface area contributed by atoms with Gasteiger partial charge in [0.2, 0.25) is 0 Å². The van der Waals surface area contributed by atoms with E-state index in [2.05, 4.69) is 26.0 Å². The molecule has 1 aromatic carbocycles. The number of allylic oxidation sites excluding steroid dienone is 3. The average molecular weight is 288 g/mol. The summed E-state index contributed by atoms with van der Waals surface area (Å²) < 4.78 is 5.52.